The third kappa shape index (κ3) is 4.66. The second-order valence-corrected chi connectivity index (χ2v) is 4.15. The molecule has 0 saturated carbocycles. The van der Waals surface area contributed by atoms with Crippen LogP contribution in [0.15, 0.2) is 12.3 Å². The van der Waals surface area contributed by atoms with E-state index in [0.717, 1.165) is 25.9 Å². The minimum Gasteiger partial charge on any atom is -0.389 e. The molecule has 1 heterocycles. The molecule has 1 aliphatic heterocycles. The molecule has 0 aromatic rings. The third-order valence-electron chi connectivity index (χ3n) is 2.76. The maximum atomic E-state index is 9.62. The van der Waals surface area contributed by atoms with Gasteiger partial charge in [0.2, 0.25) is 0 Å². The van der Waals surface area contributed by atoms with Gasteiger partial charge in [0.15, 0.2) is 0 Å². The van der Waals surface area contributed by atoms with E-state index in [-0.39, 0.29) is 6.10 Å². The highest BCUT2D eigenvalue weighted by Gasteiger charge is 2.07. The number of likely N-dealkylation sites (tertiary alicyclic amines) is 1. The van der Waals surface area contributed by atoms with Crippen LogP contribution in [0.25, 0.3) is 0 Å². The fraction of sp³-hybridized carbons (Fsp3) is 0.833. The van der Waals surface area contributed by atoms with E-state index in [0.29, 0.717) is 0 Å². The van der Waals surface area contributed by atoms with E-state index in [9.17, 15) is 5.11 Å². The average molecular weight is 197 g/mol. The molecule has 1 rings (SSSR count). The van der Waals surface area contributed by atoms with E-state index < -0.39 is 0 Å². The van der Waals surface area contributed by atoms with Crippen LogP contribution in [0.3, 0.4) is 0 Å². The lowest BCUT2D eigenvalue weighted by Crippen LogP contribution is -2.12. The van der Waals surface area contributed by atoms with Gasteiger partial charge >= 0.3 is 0 Å². The first-order valence-electron chi connectivity index (χ1n) is 5.93. The van der Waals surface area contributed by atoms with Gasteiger partial charge in [0.1, 0.15) is 0 Å². The number of hydrogen-bond acceptors (Lipinski definition) is 2. The molecule has 0 bridgehead atoms. The van der Waals surface area contributed by atoms with Crippen LogP contribution in [0.2, 0.25) is 0 Å². The molecule has 82 valence electrons. The summed E-state index contributed by atoms with van der Waals surface area (Å²) in [6.07, 6.45) is 10.9. The quantitative estimate of drug-likeness (QED) is 0.661. The van der Waals surface area contributed by atoms with E-state index in [1.54, 1.807) is 0 Å². The molecule has 1 N–H and O–H groups in total. The number of unbranched alkanes of at least 4 members (excludes halogenated alkanes) is 2. The Morgan fingerprint density at radius 1 is 1.29 bits per heavy atom. The SMILES string of the molecule is CCCCCC(O)C=CN1CCCC1. The van der Waals surface area contributed by atoms with E-state index >= 15 is 0 Å². The van der Waals surface area contributed by atoms with Crippen molar-refractivity contribution in [1.29, 1.82) is 0 Å². The van der Waals surface area contributed by atoms with Crippen molar-refractivity contribution < 1.29 is 5.11 Å². The van der Waals surface area contributed by atoms with Crippen LogP contribution in [0.4, 0.5) is 0 Å². The van der Waals surface area contributed by atoms with Crippen LogP contribution in [-0.4, -0.2) is 29.2 Å². The van der Waals surface area contributed by atoms with Gasteiger partial charge in [-0.25, -0.2) is 0 Å². The molecule has 1 fully saturated rings. The van der Waals surface area contributed by atoms with Crippen molar-refractivity contribution in [3.63, 3.8) is 0 Å². The molecule has 1 saturated heterocycles. The monoisotopic (exact) mass is 197 g/mol. The lowest BCUT2D eigenvalue weighted by Gasteiger charge is -2.12. The van der Waals surface area contributed by atoms with Gasteiger partial charge in [-0.05, 0) is 31.5 Å². The Hall–Kier alpha value is -0.500. The van der Waals surface area contributed by atoms with Gasteiger partial charge in [-0.3, -0.25) is 0 Å². The van der Waals surface area contributed by atoms with Crippen molar-refractivity contribution in [2.24, 2.45) is 0 Å². The zero-order valence-electron chi connectivity index (χ0n) is 9.28. The molecule has 0 radical (unpaired) electrons. The topological polar surface area (TPSA) is 23.5 Å². The normalized spacial score (nSPS) is 19.4. The number of aliphatic hydroxyl groups excluding tert-OH is 1. The minimum atomic E-state index is -0.234. The first-order valence-corrected chi connectivity index (χ1v) is 5.93. The largest absolute Gasteiger partial charge is 0.389 e. The lowest BCUT2D eigenvalue weighted by atomic mass is 10.1. The molecule has 2 nitrogen and oxygen atoms in total. The van der Waals surface area contributed by atoms with Crippen molar-refractivity contribution in [1.82, 2.24) is 4.90 Å². The van der Waals surface area contributed by atoms with Crippen LogP contribution in [0.5, 0.6) is 0 Å². The maximum absolute atomic E-state index is 9.62. The van der Waals surface area contributed by atoms with Crippen LogP contribution >= 0.6 is 0 Å². The zero-order valence-corrected chi connectivity index (χ0v) is 9.28. The number of nitrogens with zero attached hydrogens (tertiary/aromatic N) is 1. The van der Waals surface area contributed by atoms with E-state index in [4.69, 9.17) is 0 Å². The molecular formula is C12H23NO. The highest BCUT2D eigenvalue weighted by Crippen LogP contribution is 2.09. The van der Waals surface area contributed by atoms with Crippen LogP contribution in [0, 0.1) is 0 Å². The number of rotatable bonds is 6. The Kier molecular flexibility index (Phi) is 5.69. The standard InChI is InChI=1S/C12H23NO/c1-2-3-4-7-12(14)8-11-13-9-5-6-10-13/h8,11-12,14H,2-7,9-10H2,1H3. The molecule has 1 unspecified atom stereocenters. The van der Waals surface area contributed by atoms with E-state index in [1.807, 2.05) is 6.08 Å². The number of hydrogen-bond donors (Lipinski definition) is 1. The van der Waals surface area contributed by atoms with Crippen molar-refractivity contribution in [3.8, 4) is 0 Å². The van der Waals surface area contributed by atoms with Crippen molar-refractivity contribution in [3.05, 3.63) is 12.3 Å². The molecule has 0 spiro atoms. The summed E-state index contributed by atoms with van der Waals surface area (Å²) < 4.78 is 0. The fourth-order valence-electron chi connectivity index (χ4n) is 1.81. The summed E-state index contributed by atoms with van der Waals surface area (Å²) in [6.45, 7) is 4.52. The molecule has 14 heavy (non-hydrogen) atoms. The van der Waals surface area contributed by atoms with Crippen molar-refractivity contribution in [2.45, 2.75) is 51.6 Å². The predicted molar refractivity (Wildman–Crippen MR) is 60.1 cm³/mol. The average Bonchev–Trinajstić information content (AvgIpc) is 2.68. The Bertz CT molecular complexity index is 162. The Morgan fingerprint density at radius 3 is 2.64 bits per heavy atom. The molecule has 1 atom stereocenters. The lowest BCUT2D eigenvalue weighted by molar-refractivity contribution is 0.206. The van der Waals surface area contributed by atoms with Gasteiger partial charge in [-0.1, -0.05) is 26.2 Å². The number of aliphatic hydroxyl groups is 1. The van der Waals surface area contributed by atoms with Crippen molar-refractivity contribution in [2.75, 3.05) is 13.1 Å². The van der Waals surface area contributed by atoms with Crippen LogP contribution < -0.4 is 0 Å². The Labute approximate surface area is 87.6 Å². The molecule has 0 aromatic heterocycles. The smallest absolute Gasteiger partial charge is 0.0737 e. The molecule has 1 aliphatic rings. The summed E-state index contributed by atoms with van der Waals surface area (Å²) in [7, 11) is 0. The van der Waals surface area contributed by atoms with Gasteiger partial charge in [0.05, 0.1) is 6.10 Å². The highest BCUT2D eigenvalue weighted by atomic mass is 16.3. The van der Waals surface area contributed by atoms with Gasteiger partial charge in [0.25, 0.3) is 0 Å². The molecule has 0 amide bonds. The summed E-state index contributed by atoms with van der Waals surface area (Å²) in [4.78, 5) is 2.29. The summed E-state index contributed by atoms with van der Waals surface area (Å²) in [5, 5.41) is 9.62. The molecule has 2 heteroatoms. The second-order valence-electron chi connectivity index (χ2n) is 4.15. The highest BCUT2D eigenvalue weighted by molar-refractivity contribution is 4.90. The van der Waals surface area contributed by atoms with Gasteiger partial charge in [-0.2, -0.15) is 0 Å². The van der Waals surface area contributed by atoms with E-state index in [2.05, 4.69) is 18.0 Å². The maximum Gasteiger partial charge on any atom is 0.0737 e. The van der Waals surface area contributed by atoms with E-state index in [1.165, 1.54) is 25.7 Å². The van der Waals surface area contributed by atoms with Gasteiger partial charge in [-0.15, -0.1) is 0 Å². The first-order chi connectivity index (χ1) is 6.83. The second kappa shape index (κ2) is 6.88. The summed E-state index contributed by atoms with van der Waals surface area (Å²) in [6, 6.07) is 0. The molecular weight excluding hydrogens is 174 g/mol. The summed E-state index contributed by atoms with van der Waals surface area (Å²) in [5.41, 5.74) is 0. The fourth-order valence-corrected chi connectivity index (χ4v) is 1.81. The third-order valence-corrected chi connectivity index (χ3v) is 2.76. The van der Waals surface area contributed by atoms with Crippen molar-refractivity contribution >= 4 is 0 Å². The minimum absolute atomic E-state index is 0.234. The molecule has 0 aliphatic carbocycles. The molecule has 0 aromatic carbocycles. The van der Waals surface area contributed by atoms with Crippen LogP contribution in [-0.2, 0) is 0 Å². The summed E-state index contributed by atoms with van der Waals surface area (Å²) >= 11 is 0. The summed E-state index contributed by atoms with van der Waals surface area (Å²) in [5.74, 6) is 0. The first kappa shape index (κ1) is 11.6. The van der Waals surface area contributed by atoms with Gasteiger partial charge in [0, 0.05) is 13.1 Å². The zero-order chi connectivity index (χ0) is 10.2. The Morgan fingerprint density at radius 2 is 2.00 bits per heavy atom. The van der Waals surface area contributed by atoms with Gasteiger partial charge < -0.3 is 10.0 Å². The Balaban J connectivity index is 2.08. The van der Waals surface area contributed by atoms with Crippen LogP contribution in [0.1, 0.15) is 45.4 Å². The predicted octanol–water partition coefficient (Wildman–Crippen LogP) is 2.54.